The van der Waals surface area contributed by atoms with E-state index in [4.69, 9.17) is 0 Å². The summed E-state index contributed by atoms with van der Waals surface area (Å²) in [4.78, 5) is 4.30. The second-order valence-corrected chi connectivity index (χ2v) is 4.04. The summed E-state index contributed by atoms with van der Waals surface area (Å²) in [7, 11) is 2.82. The highest BCUT2D eigenvalue weighted by Gasteiger charge is 2.36. The lowest BCUT2D eigenvalue weighted by Crippen LogP contribution is -1.87. The third-order valence-corrected chi connectivity index (χ3v) is 3.19. The fourth-order valence-electron chi connectivity index (χ4n) is 1.61. The summed E-state index contributed by atoms with van der Waals surface area (Å²) in [6.45, 7) is 2.03. The van der Waals surface area contributed by atoms with Gasteiger partial charge < -0.3 is 0 Å². The lowest BCUT2D eigenvalue weighted by Gasteiger charge is -1.98. The highest BCUT2D eigenvalue weighted by atomic mass is 31.0. The third kappa shape index (κ3) is 1.51. The van der Waals surface area contributed by atoms with E-state index in [-0.39, 0.29) is 0 Å². The molecule has 2 heteroatoms. The van der Waals surface area contributed by atoms with Crippen molar-refractivity contribution in [3.8, 4) is 0 Å². The van der Waals surface area contributed by atoms with Crippen LogP contribution >= 0.6 is 9.24 Å². The van der Waals surface area contributed by atoms with Crippen LogP contribution in [-0.2, 0) is 0 Å². The first kappa shape index (κ1) is 8.19. The molecule has 1 saturated carbocycles. The number of hydrogen-bond donors (Lipinski definition) is 0. The van der Waals surface area contributed by atoms with Gasteiger partial charge in [0.1, 0.15) is 0 Å². The average molecular weight is 179 g/mol. The predicted octanol–water partition coefficient (Wildman–Crippen LogP) is 2.37. The van der Waals surface area contributed by atoms with Gasteiger partial charge in [-0.2, -0.15) is 0 Å². The van der Waals surface area contributed by atoms with E-state index in [1.807, 2.05) is 13.1 Å². The fraction of sp³-hybridized carbons (Fsp3) is 0.500. The molecule has 0 bridgehead atoms. The summed E-state index contributed by atoms with van der Waals surface area (Å²) in [6.07, 6.45) is 4.62. The Bertz CT molecular complexity index is 268. The predicted molar refractivity (Wildman–Crippen MR) is 54.4 cm³/mol. The van der Waals surface area contributed by atoms with E-state index in [1.165, 1.54) is 18.1 Å². The Labute approximate surface area is 75.8 Å². The van der Waals surface area contributed by atoms with Gasteiger partial charge in [0.2, 0.25) is 0 Å². The van der Waals surface area contributed by atoms with Gasteiger partial charge in [-0.3, -0.25) is 4.98 Å². The standard InChI is InChI=1S/C10H14NP/c1-7-2-3-8(5-11-7)10-4-9(10)6-12/h2-3,5,9-10H,4,6,12H2,1H3. The van der Waals surface area contributed by atoms with Crippen molar-refractivity contribution in [3.63, 3.8) is 0 Å². The molecule has 1 nitrogen and oxygen atoms in total. The monoisotopic (exact) mass is 179 g/mol. The summed E-state index contributed by atoms with van der Waals surface area (Å²) in [5, 5.41) is 0. The van der Waals surface area contributed by atoms with Crippen LogP contribution in [0.3, 0.4) is 0 Å². The van der Waals surface area contributed by atoms with Crippen LogP contribution in [0.5, 0.6) is 0 Å². The summed E-state index contributed by atoms with van der Waals surface area (Å²) < 4.78 is 0. The van der Waals surface area contributed by atoms with Gasteiger partial charge in [-0.25, -0.2) is 0 Å². The first-order valence-corrected chi connectivity index (χ1v) is 5.25. The molecule has 0 radical (unpaired) electrons. The molecule has 1 aliphatic carbocycles. The Morgan fingerprint density at radius 3 is 2.92 bits per heavy atom. The molecule has 0 aliphatic heterocycles. The van der Waals surface area contributed by atoms with Crippen molar-refractivity contribution in [1.29, 1.82) is 0 Å². The van der Waals surface area contributed by atoms with Gasteiger partial charge in [0.15, 0.2) is 0 Å². The topological polar surface area (TPSA) is 12.9 Å². The van der Waals surface area contributed by atoms with Gasteiger partial charge in [-0.1, -0.05) is 6.07 Å². The van der Waals surface area contributed by atoms with Crippen LogP contribution in [0.25, 0.3) is 0 Å². The van der Waals surface area contributed by atoms with Crippen LogP contribution in [-0.4, -0.2) is 11.1 Å². The molecule has 0 aromatic carbocycles. The van der Waals surface area contributed by atoms with Crippen LogP contribution in [0, 0.1) is 12.8 Å². The third-order valence-electron chi connectivity index (χ3n) is 2.59. The van der Waals surface area contributed by atoms with E-state index >= 15 is 0 Å². The molecule has 12 heavy (non-hydrogen) atoms. The Morgan fingerprint density at radius 1 is 1.58 bits per heavy atom. The van der Waals surface area contributed by atoms with Crippen LogP contribution < -0.4 is 0 Å². The van der Waals surface area contributed by atoms with Crippen LogP contribution in [0.1, 0.15) is 23.6 Å². The van der Waals surface area contributed by atoms with Crippen molar-refractivity contribution in [1.82, 2.24) is 4.98 Å². The summed E-state index contributed by atoms with van der Waals surface area (Å²) in [6, 6.07) is 4.32. The van der Waals surface area contributed by atoms with Gasteiger partial charge in [0.25, 0.3) is 0 Å². The molecule has 1 aliphatic rings. The number of aromatic nitrogens is 1. The Balaban J connectivity index is 2.10. The number of aryl methyl sites for hydroxylation is 1. The largest absolute Gasteiger partial charge is 0.261 e. The molecule has 3 unspecified atom stereocenters. The van der Waals surface area contributed by atoms with Gasteiger partial charge in [-0.05, 0) is 43.0 Å². The average Bonchev–Trinajstić information content (AvgIpc) is 2.85. The molecular formula is C10H14NP. The maximum atomic E-state index is 4.30. The Hall–Kier alpha value is -0.420. The number of hydrogen-bond acceptors (Lipinski definition) is 1. The minimum absolute atomic E-state index is 0.801. The maximum Gasteiger partial charge on any atom is 0.0372 e. The van der Waals surface area contributed by atoms with E-state index in [9.17, 15) is 0 Å². The minimum atomic E-state index is 0.801. The molecular weight excluding hydrogens is 165 g/mol. The lowest BCUT2D eigenvalue weighted by molar-refractivity contribution is 0.920. The quantitative estimate of drug-likeness (QED) is 0.635. The highest BCUT2D eigenvalue weighted by molar-refractivity contribution is 7.16. The van der Waals surface area contributed by atoms with Crippen LogP contribution in [0.15, 0.2) is 18.3 Å². The molecule has 1 aromatic heterocycles. The fourth-order valence-corrected chi connectivity index (χ4v) is 2.14. The second-order valence-electron chi connectivity index (χ2n) is 3.57. The summed E-state index contributed by atoms with van der Waals surface area (Å²) in [5.41, 5.74) is 2.54. The zero-order valence-electron chi connectivity index (χ0n) is 7.33. The SMILES string of the molecule is Cc1ccc(C2CC2CP)cn1. The minimum Gasteiger partial charge on any atom is -0.261 e. The van der Waals surface area contributed by atoms with E-state index in [0.29, 0.717) is 0 Å². The molecule has 1 fully saturated rings. The molecule has 2 rings (SSSR count). The number of rotatable bonds is 2. The van der Waals surface area contributed by atoms with E-state index in [0.717, 1.165) is 17.5 Å². The van der Waals surface area contributed by atoms with E-state index < -0.39 is 0 Å². The molecule has 0 saturated heterocycles. The molecule has 1 heterocycles. The van der Waals surface area contributed by atoms with E-state index in [2.05, 4.69) is 26.4 Å². The van der Waals surface area contributed by atoms with Crippen LogP contribution in [0.4, 0.5) is 0 Å². The molecule has 0 N–H and O–H groups in total. The molecule has 3 atom stereocenters. The zero-order valence-corrected chi connectivity index (χ0v) is 8.48. The molecule has 64 valence electrons. The van der Waals surface area contributed by atoms with Gasteiger partial charge in [0.05, 0.1) is 0 Å². The number of pyridine rings is 1. The van der Waals surface area contributed by atoms with E-state index in [1.54, 1.807) is 0 Å². The number of nitrogens with zero attached hydrogens (tertiary/aromatic N) is 1. The van der Waals surface area contributed by atoms with Crippen molar-refractivity contribution in [3.05, 3.63) is 29.6 Å². The van der Waals surface area contributed by atoms with Gasteiger partial charge >= 0.3 is 0 Å². The van der Waals surface area contributed by atoms with Gasteiger partial charge in [0, 0.05) is 11.9 Å². The smallest absolute Gasteiger partial charge is 0.0372 e. The normalized spacial score (nSPS) is 27.2. The zero-order chi connectivity index (χ0) is 8.55. The Morgan fingerprint density at radius 2 is 2.42 bits per heavy atom. The first-order chi connectivity index (χ1) is 5.81. The van der Waals surface area contributed by atoms with Crippen molar-refractivity contribution in [2.24, 2.45) is 5.92 Å². The maximum absolute atomic E-state index is 4.30. The van der Waals surface area contributed by atoms with Crippen molar-refractivity contribution < 1.29 is 0 Å². The summed E-state index contributed by atoms with van der Waals surface area (Å²) >= 11 is 0. The van der Waals surface area contributed by atoms with Crippen LogP contribution in [0.2, 0.25) is 0 Å². The van der Waals surface area contributed by atoms with Crippen molar-refractivity contribution in [2.75, 3.05) is 6.16 Å². The molecule has 0 amide bonds. The highest BCUT2D eigenvalue weighted by Crippen LogP contribution is 2.47. The van der Waals surface area contributed by atoms with Gasteiger partial charge in [-0.15, -0.1) is 9.24 Å². The Kier molecular flexibility index (Phi) is 2.14. The van der Waals surface area contributed by atoms with Crippen molar-refractivity contribution >= 4 is 9.24 Å². The first-order valence-electron chi connectivity index (χ1n) is 4.44. The van der Waals surface area contributed by atoms with Crippen molar-refractivity contribution in [2.45, 2.75) is 19.3 Å². The lowest BCUT2D eigenvalue weighted by atomic mass is 10.1. The summed E-state index contributed by atoms with van der Waals surface area (Å²) in [5.74, 6) is 1.70. The molecule has 0 spiro atoms. The molecule has 1 aromatic rings. The second kappa shape index (κ2) is 3.14.